The van der Waals surface area contributed by atoms with E-state index in [4.69, 9.17) is 10.8 Å². The van der Waals surface area contributed by atoms with Gasteiger partial charge in [-0.3, -0.25) is 10.2 Å². The van der Waals surface area contributed by atoms with Gasteiger partial charge in [0.2, 0.25) is 0 Å². The van der Waals surface area contributed by atoms with E-state index in [1.807, 2.05) is 0 Å². The van der Waals surface area contributed by atoms with E-state index >= 15 is 0 Å². The summed E-state index contributed by atoms with van der Waals surface area (Å²) in [4.78, 5) is 12.0. The molecule has 0 bridgehead atoms. The van der Waals surface area contributed by atoms with Crippen LogP contribution in [0.1, 0.15) is 11.1 Å². The van der Waals surface area contributed by atoms with Crippen molar-refractivity contribution < 1.29 is 13.2 Å². The van der Waals surface area contributed by atoms with Crippen molar-refractivity contribution in [1.82, 2.24) is 0 Å². The van der Waals surface area contributed by atoms with Crippen LogP contribution in [0.15, 0.2) is 59.5 Å². The number of ketones is 1. The Hall–Kier alpha value is -2.25. The van der Waals surface area contributed by atoms with Crippen LogP contribution in [0, 0.1) is 10.8 Å². The number of carbonyl (C=O) groups is 1. The topological polar surface area (TPSA) is 98.9 Å². The van der Waals surface area contributed by atoms with Gasteiger partial charge in [-0.05, 0) is 23.3 Å². The highest BCUT2D eigenvalue weighted by atomic mass is 32.2. The van der Waals surface area contributed by atoms with Gasteiger partial charge in [-0.1, -0.05) is 54.2 Å². The maximum Gasteiger partial charge on any atom is 0.191 e. The number of hydrogen-bond acceptors (Lipinski definition) is 6. The molecule has 0 aliphatic carbocycles. The lowest BCUT2D eigenvalue weighted by Crippen LogP contribution is -2.12. The number of nitrogens with one attached hydrogen (secondary N) is 2. The molecule has 0 fully saturated rings. The van der Waals surface area contributed by atoms with E-state index in [0.29, 0.717) is 11.1 Å². The van der Waals surface area contributed by atoms with Gasteiger partial charge >= 0.3 is 0 Å². The molecule has 2 aromatic carbocycles. The molecule has 0 atom stereocenters. The molecule has 0 saturated heterocycles. The fourth-order valence-electron chi connectivity index (χ4n) is 2.07. The lowest BCUT2D eigenvalue weighted by Gasteiger charge is -2.06. The molecule has 0 saturated carbocycles. The number of thioether (sulfide) groups is 1. The largest absolute Gasteiger partial charge is 0.301 e. The quantitative estimate of drug-likeness (QED) is 0.585. The Morgan fingerprint density at radius 1 is 1.00 bits per heavy atom. The van der Waals surface area contributed by atoms with Crippen LogP contribution in [0.3, 0.4) is 0 Å². The first-order valence-corrected chi connectivity index (χ1v) is 9.58. The average Bonchev–Trinajstić information content (AvgIpc) is 2.57. The molecule has 24 heavy (non-hydrogen) atoms. The number of Topliss-reactive ketones (excluding diaryl/α,β-unsaturated/α-hetero) is 1. The Balaban J connectivity index is 2.06. The Kier molecular flexibility index (Phi) is 6.05. The van der Waals surface area contributed by atoms with Crippen molar-refractivity contribution >= 4 is 38.0 Å². The molecule has 124 valence electrons. The van der Waals surface area contributed by atoms with E-state index in [2.05, 4.69) is 0 Å². The predicted molar refractivity (Wildman–Crippen MR) is 96.6 cm³/mol. The van der Waals surface area contributed by atoms with E-state index < -0.39 is 9.84 Å². The number of hydrogen-bond donors (Lipinski definition) is 2. The summed E-state index contributed by atoms with van der Waals surface area (Å²) in [6.07, 6.45) is 0.0609. The Morgan fingerprint density at radius 2 is 1.58 bits per heavy atom. The smallest absolute Gasteiger partial charge is 0.191 e. The molecule has 0 aliphatic heterocycles. The van der Waals surface area contributed by atoms with Crippen LogP contribution >= 0.6 is 11.8 Å². The lowest BCUT2D eigenvalue weighted by atomic mass is 10.1. The predicted octanol–water partition coefficient (Wildman–Crippen LogP) is 3.09. The maximum atomic E-state index is 12.3. The summed E-state index contributed by atoms with van der Waals surface area (Å²) in [7, 11) is -3.40. The normalized spacial score (nSPS) is 11.0. The molecule has 0 aliphatic rings. The highest BCUT2D eigenvalue weighted by Gasteiger charge is 2.15. The summed E-state index contributed by atoms with van der Waals surface area (Å²) in [5, 5.41) is 14.2. The van der Waals surface area contributed by atoms with E-state index in [1.165, 1.54) is 0 Å². The monoisotopic (exact) mass is 360 g/mol. The molecular formula is C17H16N2O3S2. The van der Waals surface area contributed by atoms with Gasteiger partial charge in [0.25, 0.3) is 0 Å². The second-order valence-electron chi connectivity index (χ2n) is 5.05. The molecule has 0 amide bonds. The third-order valence-electron chi connectivity index (χ3n) is 3.28. The van der Waals surface area contributed by atoms with E-state index in [0.717, 1.165) is 17.3 Å². The molecule has 2 N–H and O–H groups in total. The van der Waals surface area contributed by atoms with Crippen LogP contribution in [0.5, 0.6) is 0 Å². The van der Waals surface area contributed by atoms with Gasteiger partial charge in [0, 0.05) is 6.42 Å². The molecule has 0 unspecified atom stereocenters. The molecule has 0 heterocycles. The van der Waals surface area contributed by atoms with Crippen molar-refractivity contribution in [2.45, 2.75) is 17.1 Å². The minimum Gasteiger partial charge on any atom is -0.301 e. The van der Waals surface area contributed by atoms with Crippen molar-refractivity contribution in [2.75, 3.05) is 0 Å². The fraction of sp³-hybridized carbons (Fsp3) is 0.118. The van der Waals surface area contributed by atoms with Crippen LogP contribution in [0.2, 0.25) is 0 Å². The minimum absolute atomic E-state index is 0.0609. The summed E-state index contributed by atoms with van der Waals surface area (Å²) in [6.45, 7) is 0. The summed E-state index contributed by atoms with van der Waals surface area (Å²) >= 11 is 0.763. The minimum atomic E-state index is -3.40. The van der Waals surface area contributed by atoms with E-state index in [-0.39, 0.29) is 27.9 Å². The fourth-order valence-corrected chi connectivity index (χ4v) is 3.77. The number of rotatable bonds is 7. The van der Waals surface area contributed by atoms with Crippen molar-refractivity contribution in [3.8, 4) is 0 Å². The summed E-state index contributed by atoms with van der Waals surface area (Å²) in [6, 6.07) is 15.0. The van der Waals surface area contributed by atoms with Crippen LogP contribution < -0.4 is 0 Å². The van der Waals surface area contributed by atoms with Crippen molar-refractivity contribution in [1.29, 1.82) is 10.8 Å². The second-order valence-corrected chi connectivity index (χ2v) is 7.92. The molecule has 2 rings (SSSR count). The van der Waals surface area contributed by atoms with Gasteiger partial charge in [-0.15, -0.1) is 0 Å². The molecule has 7 heteroatoms. The van der Waals surface area contributed by atoms with Gasteiger partial charge in [-0.25, -0.2) is 8.42 Å². The second kappa shape index (κ2) is 8.03. The Labute approximate surface area is 145 Å². The standard InChI is InChI=1S/C17H16N2O3S2/c18-12-23-17(19)16(20)10-13-6-8-14(9-7-13)11-24(21,22)15-4-2-1-3-5-15/h1-9,12,18-19H,10-11H2. The van der Waals surface area contributed by atoms with Crippen LogP contribution in [0.25, 0.3) is 0 Å². The Bertz CT molecular complexity index is 845. The van der Waals surface area contributed by atoms with Gasteiger partial charge in [0.1, 0.15) is 5.04 Å². The lowest BCUT2D eigenvalue weighted by molar-refractivity contribution is -0.112. The number of sulfone groups is 1. The van der Waals surface area contributed by atoms with Crippen molar-refractivity contribution in [2.24, 2.45) is 0 Å². The van der Waals surface area contributed by atoms with Gasteiger partial charge in [-0.2, -0.15) is 0 Å². The first kappa shape index (κ1) is 18.1. The number of benzene rings is 2. The van der Waals surface area contributed by atoms with Gasteiger partial charge in [0.05, 0.1) is 16.2 Å². The van der Waals surface area contributed by atoms with Crippen molar-refractivity contribution in [3.05, 3.63) is 65.7 Å². The van der Waals surface area contributed by atoms with Crippen molar-refractivity contribution in [3.63, 3.8) is 0 Å². The van der Waals surface area contributed by atoms with Crippen LogP contribution in [0.4, 0.5) is 0 Å². The first-order valence-electron chi connectivity index (χ1n) is 7.05. The molecule has 0 radical (unpaired) electrons. The van der Waals surface area contributed by atoms with Crippen LogP contribution in [-0.2, 0) is 26.8 Å². The first-order chi connectivity index (χ1) is 11.4. The van der Waals surface area contributed by atoms with E-state index in [9.17, 15) is 13.2 Å². The molecule has 5 nitrogen and oxygen atoms in total. The maximum absolute atomic E-state index is 12.3. The number of carbonyl (C=O) groups excluding carboxylic acids is 1. The highest BCUT2D eigenvalue weighted by molar-refractivity contribution is 8.26. The zero-order valence-electron chi connectivity index (χ0n) is 12.7. The molecule has 0 spiro atoms. The van der Waals surface area contributed by atoms with Gasteiger partial charge < -0.3 is 5.41 Å². The Morgan fingerprint density at radius 3 is 2.17 bits per heavy atom. The average molecular weight is 360 g/mol. The highest BCUT2D eigenvalue weighted by Crippen LogP contribution is 2.17. The molecular weight excluding hydrogens is 344 g/mol. The zero-order valence-corrected chi connectivity index (χ0v) is 14.4. The summed E-state index contributed by atoms with van der Waals surface area (Å²) in [5.74, 6) is -0.474. The summed E-state index contributed by atoms with van der Waals surface area (Å²) in [5.41, 5.74) is 2.28. The van der Waals surface area contributed by atoms with Gasteiger partial charge in [0.15, 0.2) is 15.6 Å². The molecule has 2 aromatic rings. The third kappa shape index (κ3) is 4.87. The van der Waals surface area contributed by atoms with Crippen LogP contribution in [-0.4, -0.2) is 24.8 Å². The zero-order chi connectivity index (χ0) is 17.6. The summed E-state index contributed by atoms with van der Waals surface area (Å²) < 4.78 is 24.6. The van der Waals surface area contributed by atoms with E-state index in [1.54, 1.807) is 54.6 Å². The molecule has 0 aromatic heterocycles. The third-order valence-corrected chi connectivity index (χ3v) is 5.56. The SMILES string of the molecule is N=CSC(=N)C(=O)Cc1ccc(CS(=O)(=O)c2ccccc2)cc1.